The van der Waals surface area contributed by atoms with Gasteiger partial charge in [-0.25, -0.2) is 9.59 Å². The van der Waals surface area contributed by atoms with Crippen LogP contribution in [0.3, 0.4) is 0 Å². The molecule has 0 amide bonds. The molecule has 2 unspecified atom stereocenters. The molecule has 0 spiro atoms. The van der Waals surface area contributed by atoms with Crippen molar-refractivity contribution < 1.29 is 19.1 Å². The minimum absolute atomic E-state index is 0.305. The van der Waals surface area contributed by atoms with E-state index in [9.17, 15) is 9.59 Å². The van der Waals surface area contributed by atoms with Crippen molar-refractivity contribution in [3.8, 4) is 0 Å². The highest BCUT2D eigenvalue weighted by atomic mass is 16.5. The van der Waals surface area contributed by atoms with Crippen LogP contribution in [0.1, 0.15) is 27.7 Å². The first-order valence-electron chi connectivity index (χ1n) is 7.19. The van der Waals surface area contributed by atoms with Crippen molar-refractivity contribution >= 4 is 17.6 Å². The van der Waals surface area contributed by atoms with E-state index < -0.39 is 12.1 Å². The lowest BCUT2D eigenvalue weighted by Crippen LogP contribution is -2.49. The van der Waals surface area contributed by atoms with E-state index in [0.29, 0.717) is 13.2 Å². The lowest BCUT2D eigenvalue weighted by Gasteiger charge is -2.33. The van der Waals surface area contributed by atoms with Gasteiger partial charge in [-0.2, -0.15) is 0 Å². The fourth-order valence-electron chi connectivity index (χ4n) is 2.14. The van der Waals surface area contributed by atoms with E-state index in [1.165, 1.54) is 0 Å². The van der Waals surface area contributed by atoms with Crippen LogP contribution in [0.4, 0.5) is 5.69 Å². The maximum Gasteiger partial charge on any atom is 0.328 e. The SMILES string of the molecule is CCOC(=O)C(C)N(c1ccccc1)C(C)C(=O)OCC. The third-order valence-corrected chi connectivity index (χ3v) is 3.14. The zero-order chi connectivity index (χ0) is 15.8. The number of rotatable bonds is 7. The van der Waals surface area contributed by atoms with E-state index in [1.807, 2.05) is 30.3 Å². The van der Waals surface area contributed by atoms with Crippen LogP contribution in [-0.2, 0) is 19.1 Å². The molecule has 5 heteroatoms. The highest BCUT2D eigenvalue weighted by Crippen LogP contribution is 2.21. The first-order chi connectivity index (χ1) is 10.0. The van der Waals surface area contributed by atoms with Crippen molar-refractivity contribution in [1.29, 1.82) is 0 Å². The van der Waals surface area contributed by atoms with Crippen molar-refractivity contribution in [3.05, 3.63) is 30.3 Å². The lowest BCUT2D eigenvalue weighted by atomic mass is 10.1. The van der Waals surface area contributed by atoms with E-state index in [1.54, 1.807) is 32.6 Å². The number of carbonyl (C=O) groups is 2. The molecule has 0 saturated heterocycles. The summed E-state index contributed by atoms with van der Waals surface area (Å²) in [6.07, 6.45) is 0. The molecule has 0 heterocycles. The number of esters is 2. The van der Waals surface area contributed by atoms with Crippen LogP contribution >= 0.6 is 0 Å². The number of ether oxygens (including phenoxy) is 2. The average molecular weight is 293 g/mol. The van der Waals surface area contributed by atoms with Crippen molar-refractivity contribution in [2.45, 2.75) is 39.8 Å². The number of hydrogen-bond acceptors (Lipinski definition) is 5. The molecule has 5 nitrogen and oxygen atoms in total. The van der Waals surface area contributed by atoms with Crippen LogP contribution in [0, 0.1) is 0 Å². The van der Waals surface area contributed by atoms with Crippen LogP contribution in [-0.4, -0.2) is 37.2 Å². The number of anilines is 1. The molecule has 0 fully saturated rings. The Morgan fingerprint density at radius 1 is 0.952 bits per heavy atom. The topological polar surface area (TPSA) is 55.8 Å². The number of benzene rings is 1. The van der Waals surface area contributed by atoms with Gasteiger partial charge in [0.25, 0.3) is 0 Å². The van der Waals surface area contributed by atoms with Gasteiger partial charge < -0.3 is 14.4 Å². The highest BCUT2D eigenvalue weighted by Gasteiger charge is 2.31. The van der Waals surface area contributed by atoms with Crippen LogP contribution in [0.5, 0.6) is 0 Å². The Labute approximate surface area is 125 Å². The predicted octanol–water partition coefficient (Wildman–Crippen LogP) is 2.40. The Hall–Kier alpha value is -2.04. The summed E-state index contributed by atoms with van der Waals surface area (Å²) >= 11 is 0. The van der Waals surface area contributed by atoms with Gasteiger partial charge in [0, 0.05) is 5.69 Å². The van der Waals surface area contributed by atoms with Crippen molar-refractivity contribution in [2.24, 2.45) is 0 Å². The van der Waals surface area contributed by atoms with Gasteiger partial charge in [0.2, 0.25) is 0 Å². The first-order valence-corrected chi connectivity index (χ1v) is 7.19. The summed E-state index contributed by atoms with van der Waals surface area (Å²) in [7, 11) is 0. The molecule has 2 atom stereocenters. The first kappa shape index (κ1) is 17.0. The minimum atomic E-state index is -0.577. The molecule has 0 aliphatic heterocycles. The Kier molecular flexibility index (Phi) is 6.72. The molecule has 1 aromatic rings. The fraction of sp³-hybridized carbons (Fsp3) is 0.500. The maximum absolute atomic E-state index is 12.0. The number of hydrogen-bond donors (Lipinski definition) is 0. The Morgan fingerprint density at radius 2 is 1.38 bits per heavy atom. The summed E-state index contributed by atoms with van der Waals surface area (Å²) in [4.78, 5) is 25.8. The highest BCUT2D eigenvalue weighted by molar-refractivity contribution is 5.85. The second kappa shape index (κ2) is 8.29. The molecular formula is C16H23NO4. The smallest absolute Gasteiger partial charge is 0.328 e. The van der Waals surface area contributed by atoms with Gasteiger partial charge >= 0.3 is 11.9 Å². The molecular weight excluding hydrogens is 270 g/mol. The minimum Gasteiger partial charge on any atom is -0.464 e. The zero-order valence-corrected chi connectivity index (χ0v) is 13.0. The second-order valence-electron chi connectivity index (χ2n) is 4.60. The quantitative estimate of drug-likeness (QED) is 0.723. The van der Waals surface area contributed by atoms with E-state index in [-0.39, 0.29) is 11.9 Å². The Balaban J connectivity index is 3.05. The summed E-state index contributed by atoms with van der Waals surface area (Å²) in [6.45, 7) is 7.57. The van der Waals surface area contributed by atoms with E-state index >= 15 is 0 Å². The van der Waals surface area contributed by atoms with E-state index in [0.717, 1.165) is 5.69 Å². The summed E-state index contributed by atoms with van der Waals surface area (Å²) in [5, 5.41) is 0. The van der Waals surface area contributed by atoms with Crippen molar-refractivity contribution in [3.63, 3.8) is 0 Å². The molecule has 1 aromatic carbocycles. The average Bonchev–Trinajstić information content (AvgIpc) is 2.48. The third-order valence-electron chi connectivity index (χ3n) is 3.14. The molecule has 1 rings (SSSR count). The molecule has 0 radical (unpaired) electrons. The molecule has 0 N–H and O–H groups in total. The Bertz CT molecular complexity index is 437. The number of carbonyl (C=O) groups excluding carboxylic acids is 2. The fourth-order valence-corrected chi connectivity index (χ4v) is 2.14. The monoisotopic (exact) mass is 293 g/mol. The van der Waals surface area contributed by atoms with E-state index in [4.69, 9.17) is 9.47 Å². The van der Waals surface area contributed by atoms with Gasteiger partial charge in [-0.05, 0) is 39.8 Å². The molecule has 21 heavy (non-hydrogen) atoms. The summed E-state index contributed by atoms with van der Waals surface area (Å²) in [6, 6.07) is 8.15. The van der Waals surface area contributed by atoms with Gasteiger partial charge in [-0.1, -0.05) is 18.2 Å². The lowest BCUT2D eigenvalue weighted by molar-refractivity contribution is -0.146. The number of para-hydroxylation sites is 1. The second-order valence-corrected chi connectivity index (χ2v) is 4.60. The van der Waals surface area contributed by atoms with Crippen LogP contribution in [0.25, 0.3) is 0 Å². The molecule has 0 aliphatic carbocycles. The standard InChI is InChI=1S/C16H23NO4/c1-5-20-15(18)12(3)17(13(4)16(19)21-6-2)14-10-8-7-9-11-14/h7-13H,5-6H2,1-4H3. The van der Waals surface area contributed by atoms with Gasteiger partial charge in [0.05, 0.1) is 13.2 Å². The van der Waals surface area contributed by atoms with Gasteiger partial charge in [0.1, 0.15) is 12.1 Å². The van der Waals surface area contributed by atoms with Crippen molar-refractivity contribution in [1.82, 2.24) is 0 Å². The van der Waals surface area contributed by atoms with E-state index in [2.05, 4.69) is 0 Å². The van der Waals surface area contributed by atoms with Crippen molar-refractivity contribution in [2.75, 3.05) is 18.1 Å². The summed E-state index contributed by atoms with van der Waals surface area (Å²) < 4.78 is 10.1. The summed E-state index contributed by atoms with van der Waals surface area (Å²) in [5.74, 6) is -0.727. The molecule has 0 saturated carbocycles. The largest absolute Gasteiger partial charge is 0.464 e. The Morgan fingerprint density at radius 3 is 1.76 bits per heavy atom. The predicted molar refractivity (Wildman–Crippen MR) is 81.1 cm³/mol. The van der Waals surface area contributed by atoms with Crippen LogP contribution in [0.15, 0.2) is 30.3 Å². The molecule has 0 bridgehead atoms. The van der Waals surface area contributed by atoms with Crippen LogP contribution in [0.2, 0.25) is 0 Å². The maximum atomic E-state index is 12.0. The van der Waals surface area contributed by atoms with Gasteiger partial charge in [-0.3, -0.25) is 0 Å². The normalized spacial score (nSPS) is 13.1. The van der Waals surface area contributed by atoms with Gasteiger partial charge in [0.15, 0.2) is 0 Å². The molecule has 0 aliphatic rings. The molecule has 0 aromatic heterocycles. The number of nitrogens with zero attached hydrogens (tertiary/aromatic N) is 1. The zero-order valence-electron chi connectivity index (χ0n) is 13.0. The van der Waals surface area contributed by atoms with Gasteiger partial charge in [-0.15, -0.1) is 0 Å². The van der Waals surface area contributed by atoms with Crippen LogP contribution < -0.4 is 4.90 Å². The molecule has 116 valence electrons. The summed E-state index contributed by atoms with van der Waals surface area (Å²) in [5.41, 5.74) is 0.776. The third kappa shape index (κ3) is 4.48.